The molecule has 0 fully saturated rings. The number of alkyl halides is 1. The van der Waals surface area contributed by atoms with Crippen molar-refractivity contribution in [3.8, 4) is 0 Å². The normalized spacial score (nSPS) is 11.2. The van der Waals surface area contributed by atoms with Crippen LogP contribution in [0.25, 0.3) is 0 Å². The molecule has 17 heavy (non-hydrogen) atoms. The molecule has 0 aliphatic heterocycles. The number of nitro benzene ring substituents is 1. The molecule has 0 aliphatic rings. The molecule has 0 aromatic heterocycles. The fourth-order valence-electron chi connectivity index (χ4n) is 1.27. The van der Waals surface area contributed by atoms with Gasteiger partial charge >= 0.3 is 0 Å². The van der Waals surface area contributed by atoms with E-state index in [0.717, 1.165) is 4.31 Å². The molecule has 0 amide bonds. The van der Waals surface area contributed by atoms with E-state index in [1.54, 1.807) is 6.92 Å². The van der Waals surface area contributed by atoms with Gasteiger partial charge in [0.1, 0.15) is 5.21 Å². The van der Waals surface area contributed by atoms with Crippen molar-refractivity contribution in [1.82, 2.24) is 0 Å². The summed E-state index contributed by atoms with van der Waals surface area (Å²) in [7, 11) is -2.33. The highest BCUT2D eigenvalue weighted by atomic mass is 35.5. The number of non-ortho nitro benzene ring substituents is 1. The zero-order valence-electron chi connectivity index (χ0n) is 9.25. The fraction of sp³-hybridized carbons (Fsp3) is 0.333. The van der Waals surface area contributed by atoms with E-state index in [1.165, 1.54) is 25.2 Å². The van der Waals surface area contributed by atoms with Gasteiger partial charge in [0.15, 0.2) is 0 Å². The van der Waals surface area contributed by atoms with Gasteiger partial charge in [-0.25, -0.2) is 8.42 Å². The third-order valence-electron chi connectivity index (χ3n) is 2.30. The summed E-state index contributed by atoms with van der Waals surface area (Å²) in [5.74, 6) is 0. The van der Waals surface area contributed by atoms with Crippen molar-refractivity contribution < 1.29 is 13.3 Å². The lowest BCUT2D eigenvalue weighted by Crippen LogP contribution is -2.27. The first kappa shape index (κ1) is 13.7. The van der Waals surface area contributed by atoms with Gasteiger partial charge in [-0.3, -0.25) is 14.4 Å². The molecule has 0 radical (unpaired) electrons. The van der Waals surface area contributed by atoms with Crippen LogP contribution < -0.4 is 4.31 Å². The Morgan fingerprint density at radius 1 is 1.47 bits per heavy atom. The Labute approximate surface area is 104 Å². The fourth-order valence-corrected chi connectivity index (χ4v) is 2.36. The summed E-state index contributed by atoms with van der Waals surface area (Å²) in [5.41, 5.74) is 0.703. The lowest BCUT2D eigenvalue weighted by molar-refractivity contribution is -0.384. The van der Waals surface area contributed by atoms with Crippen LogP contribution in [0.4, 0.5) is 11.4 Å². The Morgan fingerprint density at radius 2 is 2.06 bits per heavy atom. The summed E-state index contributed by atoms with van der Waals surface area (Å²) < 4.78 is 24.1. The van der Waals surface area contributed by atoms with Crippen molar-refractivity contribution in [3.05, 3.63) is 33.9 Å². The minimum absolute atomic E-state index is 0.165. The number of aryl methyl sites for hydroxylation is 1. The number of rotatable bonds is 4. The highest BCUT2D eigenvalue weighted by Crippen LogP contribution is 2.26. The zero-order chi connectivity index (χ0) is 13.2. The second kappa shape index (κ2) is 4.89. The van der Waals surface area contributed by atoms with Gasteiger partial charge < -0.3 is 0 Å². The quantitative estimate of drug-likeness (QED) is 0.478. The summed E-state index contributed by atoms with van der Waals surface area (Å²) in [4.78, 5) is 10.0. The van der Waals surface area contributed by atoms with Crippen molar-refractivity contribution >= 4 is 33.0 Å². The van der Waals surface area contributed by atoms with Gasteiger partial charge in [0, 0.05) is 19.2 Å². The predicted octanol–water partition coefficient (Wildman–Crippen LogP) is 1.87. The largest absolute Gasteiger partial charge is 0.272 e. The molecule has 8 heteroatoms. The molecule has 0 unspecified atom stereocenters. The van der Waals surface area contributed by atoms with E-state index in [9.17, 15) is 18.5 Å². The Bertz CT molecular complexity index is 544. The molecule has 6 nitrogen and oxygen atoms in total. The molecule has 94 valence electrons. The van der Waals surface area contributed by atoms with Crippen molar-refractivity contribution in [3.63, 3.8) is 0 Å². The summed E-state index contributed by atoms with van der Waals surface area (Å²) >= 11 is 5.33. The van der Waals surface area contributed by atoms with Gasteiger partial charge in [-0.05, 0) is 12.5 Å². The minimum atomic E-state index is -3.64. The molecule has 1 rings (SSSR count). The number of halogens is 1. The monoisotopic (exact) mass is 278 g/mol. The first-order chi connectivity index (χ1) is 7.79. The SMILES string of the molecule is Cc1ccc([N+](=O)[O-])cc1N(C)S(=O)(=O)CCl. The van der Waals surface area contributed by atoms with Gasteiger partial charge in [0.05, 0.1) is 10.6 Å². The summed E-state index contributed by atoms with van der Waals surface area (Å²) in [6.07, 6.45) is 0. The molecular weight excluding hydrogens is 268 g/mol. The molecule has 1 aromatic carbocycles. The smallest absolute Gasteiger partial charge is 0.271 e. The standard InChI is InChI=1S/C9H11ClN2O4S/c1-7-3-4-8(12(13)14)5-9(7)11(2)17(15,16)6-10/h3-5H,6H2,1-2H3. The molecule has 0 heterocycles. The lowest BCUT2D eigenvalue weighted by Gasteiger charge is -2.19. The van der Waals surface area contributed by atoms with E-state index < -0.39 is 20.2 Å². The average molecular weight is 279 g/mol. The molecule has 0 saturated carbocycles. The predicted molar refractivity (Wildman–Crippen MR) is 65.9 cm³/mol. The molecule has 0 saturated heterocycles. The average Bonchev–Trinajstić information content (AvgIpc) is 2.28. The topological polar surface area (TPSA) is 80.5 Å². The Balaban J connectivity index is 3.31. The highest BCUT2D eigenvalue weighted by Gasteiger charge is 2.20. The zero-order valence-corrected chi connectivity index (χ0v) is 10.8. The van der Waals surface area contributed by atoms with Crippen molar-refractivity contribution in [2.24, 2.45) is 0 Å². The number of nitro groups is 1. The molecule has 0 N–H and O–H groups in total. The van der Waals surface area contributed by atoms with E-state index in [0.29, 0.717) is 5.56 Å². The molecule has 0 aliphatic carbocycles. The summed E-state index contributed by atoms with van der Waals surface area (Å²) in [5, 5.41) is 10.0. The summed E-state index contributed by atoms with van der Waals surface area (Å²) in [6, 6.07) is 4.02. The number of hydrogen-bond donors (Lipinski definition) is 0. The van der Waals surface area contributed by atoms with Crippen molar-refractivity contribution in [2.45, 2.75) is 6.92 Å². The highest BCUT2D eigenvalue weighted by molar-refractivity contribution is 7.93. The van der Waals surface area contributed by atoms with Gasteiger partial charge in [-0.15, -0.1) is 11.6 Å². The number of benzene rings is 1. The first-order valence-corrected chi connectivity index (χ1v) is 6.71. The van der Waals surface area contributed by atoms with Crippen LogP contribution >= 0.6 is 11.6 Å². The van der Waals surface area contributed by atoms with Gasteiger partial charge in [-0.1, -0.05) is 6.07 Å². The molecule has 0 bridgehead atoms. The molecule has 1 aromatic rings. The van der Waals surface area contributed by atoms with Crippen LogP contribution in [0.2, 0.25) is 0 Å². The van der Waals surface area contributed by atoms with E-state index >= 15 is 0 Å². The van der Waals surface area contributed by atoms with E-state index in [4.69, 9.17) is 11.6 Å². The maximum atomic E-state index is 11.6. The lowest BCUT2D eigenvalue weighted by atomic mass is 10.2. The van der Waals surface area contributed by atoms with Crippen LogP contribution in [0.5, 0.6) is 0 Å². The third-order valence-corrected chi connectivity index (χ3v) is 4.43. The van der Waals surface area contributed by atoms with Gasteiger partial charge in [0.25, 0.3) is 5.69 Å². The van der Waals surface area contributed by atoms with Gasteiger partial charge in [0.2, 0.25) is 10.0 Å². The number of hydrogen-bond acceptors (Lipinski definition) is 4. The Kier molecular flexibility index (Phi) is 3.94. The van der Waals surface area contributed by atoms with Crippen molar-refractivity contribution in [1.29, 1.82) is 0 Å². The maximum Gasteiger partial charge on any atom is 0.271 e. The minimum Gasteiger partial charge on any atom is -0.272 e. The van der Waals surface area contributed by atoms with E-state index in [1.807, 2.05) is 0 Å². The van der Waals surface area contributed by atoms with Crippen LogP contribution in [0.1, 0.15) is 5.56 Å². The van der Waals surface area contributed by atoms with Crippen LogP contribution in [0.3, 0.4) is 0 Å². The second-order valence-corrected chi connectivity index (χ2v) is 6.00. The maximum absolute atomic E-state index is 11.6. The van der Waals surface area contributed by atoms with Crippen LogP contribution in [-0.4, -0.2) is 25.6 Å². The first-order valence-electron chi connectivity index (χ1n) is 4.57. The molecule has 0 atom stereocenters. The van der Waals surface area contributed by atoms with Crippen LogP contribution in [0.15, 0.2) is 18.2 Å². The number of anilines is 1. The van der Waals surface area contributed by atoms with E-state index in [-0.39, 0.29) is 11.4 Å². The number of nitrogens with zero attached hydrogens (tertiary/aromatic N) is 2. The molecule has 0 spiro atoms. The van der Waals surface area contributed by atoms with Crippen LogP contribution in [0, 0.1) is 17.0 Å². The third kappa shape index (κ3) is 2.86. The number of sulfonamides is 1. The van der Waals surface area contributed by atoms with Gasteiger partial charge in [-0.2, -0.15) is 0 Å². The Morgan fingerprint density at radius 3 is 2.53 bits per heavy atom. The molecular formula is C9H11ClN2O4S. The van der Waals surface area contributed by atoms with Crippen molar-refractivity contribution in [2.75, 3.05) is 16.6 Å². The van der Waals surface area contributed by atoms with Crippen LogP contribution in [-0.2, 0) is 10.0 Å². The second-order valence-electron chi connectivity index (χ2n) is 3.42. The van der Waals surface area contributed by atoms with E-state index in [2.05, 4.69) is 0 Å². The summed E-state index contributed by atoms with van der Waals surface area (Å²) in [6.45, 7) is 1.67. The Hall–Kier alpha value is -1.34.